The zero-order chi connectivity index (χ0) is 17.5. The predicted molar refractivity (Wildman–Crippen MR) is 92.0 cm³/mol. The number of carbonyl (C=O) groups excluding carboxylic acids is 1. The third-order valence-corrected chi connectivity index (χ3v) is 4.49. The minimum atomic E-state index is -0.981. The summed E-state index contributed by atoms with van der Waals surface area (Å²) in [6.07, 6.45) is 0.562. The number of hydrogen-bond acceptors (Lipinski definition) is 6. The minimum absolute atomic E-state index is 0.114. The van der Waals surface area contributed by atoms with Crippen molar-refractivity contribution < 1.29 is 19.5 Å². The zero-order valence-corrected chi connectivity index (χ0v) is 14.4. The Morgan fingerprint density at radius 2 is 2.08 bits per heavy atom. The Bertz CT molecular complexity index is 594. The number of hydrogen-bond donors (Lipinski definition) is 3. The molecule has 7 nitrogen and oxygen atoms in total. The van der Waals surface area contributed by atoms with Crippen LogP contribution in [0.5, 0.6) is 5.75 Å². The standard InChI is InChI=1S/C15H19Cl2N3O4/c16-14-11(20-7-5-18-6-8-20)2-3-12(15(14)17)24-19-10(9-21)1-4-13(22)23/h2-3,9-10,18-19H,1,4-8H2,(H,22,23)/t10-/m0/s1. The van der Waals surface area contributed by atoms with Gasteiger partial charge in [0.2, 0.25) is 0 Å². The van der Waals surface area contributed by atoms with Gasteiger partial charge in [-0.25, -0.2) is 0 Å². The molecule has 0 aromatic heterocycles. The number of nitrogens with one attached hydrogen (secondary N) is 2. The van der Waals surface area contributed by atoms with Crippen LogP contribution >= 0.6 is 23.2 Å². The molecule has 1 fully saturated rings. The van der Waals surface area contributed by atoms with Gasteiger partial charge in [-0.05, 0) is 18.6 Å². The van der Waals surface area contributed by atoms with E-state index >= 15 is 0 Å². The summed E-state index contributed by atoms with van der Waals surface area (Å²) in [5.74, 6) is -0.701. The quantitative estimate of drug-likeness (QED) is 0.470. The Morgan fingerprint density at radius 1 is 1.38 bits per heavy atom. The molecule has 1 heterocycles. The lowest BCUT2D eigenvalue weighted by Gasteiger charge is -2.30. The Labute approximate surface area is 149 Å². The summed E-state index contributed by atoms with van der Waals surface area (Å²) in [5, 5.41) is 12.5. The van der Waals surface area contributed by atoms with Gasteiger partial charge >= 0.3 is 5.97 Å². The van der Waals surface area contributed by atoms with Gasteiger partial charge in [0.05, 0.1) is 16.8 Å². The zero-order valence-electron chi connectivity index (χ0n) is 12.9. The number of halogens is 2. The van der Waals surface area contributed by atoms with Gasteiger partial charge in [0.25, 0.3) is 0 Å². The average molecular weight is 376 g/mol. The number of hydroxylamine groups is 1. The highest BCUT2D eigenvalue weighted by molar-refractivity contribution is 6.44. The number of aldehydes is 1. The number of carboxylic acids is 1. The molecule has 1 aromatic carbocycles. The summed E-state index contributed by atoms with van der Waals surface area (Å²) < 4.78 is 0. The molecular formula is C15H19Cl2N3O4. The molecule has 0 radical (unpaired) electrons. The molecule has 24 heavy (non-hydrogen) atoms. The van der Waals surface area contributed by atoms with Crippen molar-refractivity contribution in [3.63, 3.8) is 0 Å². The van der Waals surface area contributed by atoms with Gasteiger partial charge < -0.3 is 25.0 Å². The number of rotatable bonds is 8. The first-order valence-corrected chi connectivity index (χ1v) is 8.31. The monoisotopic (exact) mass is 375 g/mol. The number of benzene rings is 1. The molecule has 0 unspecified atom stereocenters. The fraction of sp³-hybridized carbons (Fsp3) is 0.467. The smallest absolute Gasteiger partial charge is 0.303 e. The molecule has 2 rings (SSSR count). The topological polar surface area (TPSA) is 90.9 Å². The number of aliphatic carboxylic acids is 1. The van der Waals surface area contributed by atoms with Crippen LogP contribution in [0.3, 0.4) is 0 Å². The lowest BCUT2D eigenvalue weighted by Crippen LogP contribution is -2.43. The van der Waals surface area contributed by atoms with E-state index < -0.39 is 12.0 Å². The van der Waals surface area contributed by atoms with Gasteiger partial charge in [-0.15, -0.1) is 5.48 Å². The molecule has 1 aromatic rings. The van der Waals surface area contributed by atoms with Gasteiger partial charge in [0, 0.05) is 32.6 Å². The first-order chi connectivity index (χ1) is 11.5. The van der Waals surface area contributed by atoms with E-state index in [1.807, 2.05) is 6.07 Å². The average Bonchev–Trinajstić information content (AvgIpc) is 2.59. The first-order valence-electron chi connectivity index (χ1n) is 7.56. The normalized spacial score (nSPS) is 15.8. The first kappa shape index (κ1) is 18.8. The van der Waals surface area contributed by atoms with Crippen molar-refractivity contribution in [2.45, 2.75) is 18.9 Å². The molecule has 1 atom stereocenters. The molecule has 3 N–H and O–H groups in total. The second-order valence-electron chi connectivity index (χ2n) is 5.34. The van der Waals surface area contributed by atoms with Crippen LogP contribution in [0.2, 0.25) is 10.0 Å². The fourth-order valence-corrected chi connectivity index (χ4v) is 2.80. The maximum Gasteiger partial charge on any atom is 0.303 e. The van der Waals surface area contributed by atoms with E-state index in [1.165, 1.54) is 0 Å². The summed E-state index contributed by atoms with van der Waals surface area (Å²) in [4.78, 5) is 28.9. The van der Waals surface area contributed by atoms with Crippen LogP contribution in [0.1, 0.15) is 12.8 Å². The molecule has 1 aliphatic rings. The summed E-state index contributed by atoms with van der Waals surface area (Å²) in [7, 11) is 0. The molecule has 0 spiro atoms. The van der Waals surface area contributed by atoms with Crippen LogP contribution in [0, 0.1) is 0 Å². The van der Waals surface area contributed by atoms with Crippen molar-refractivity contribution in [1.82, 2.24) is 10.8 Å². The summed E-state index contributed by atoms with van der Waals surface area (Å²) >= 11 is 12.6. The van der Waals surface area contributed by atoms with Crippen molar-refractivity contribution in [3.8, 4) is 5.75 Å². The van der Waals surface area contributed by atoms with Crippen LogP contribution in [0.15, 0.2) is 12.1 Å². The Kier molecular flexibility index (Phi) is 7.11. The van der Waals surface area contributed by atoms with Crippen LogP contribution in [0.25, 0.3) is 0 Å². The summed E-state index contributed by atoms with van der Waals surface area (Å²) in [6.45, 7) is 3.41. The lowest BCUT2D eigenvalue weighted by molar-refractivity contribution is -0.137. The highest BCUT2D eigenvalue weighted by Crippen LogP contribution is 2.39. The second-order valence-corrected chi connectivity index (χ2v) is 6.10. The summed E-state index contributed by atoms with van der Waals surface area (Å²) in [5.41, 5.74) is 3.34. The number of piperazine rings is 1. The van der Waals surface area contributed by atoms with Gasteiger partial charge in [0.15, 0.2) is 5.75 Å². The molecule has 1 aliphatic heterocycles. The van der Waals surface area contributed by atoms with E-state index in [9.17, 15) is 9.59 Å². The van der Waals surface area contributed by atoms with E-state index in [0.717, 1.165) is 31.9 Å². The van der Waals surface area contributed by atoms with Crippen LogP contribution in [0.4, 0.5) is 5.69 Å². The number of nitrogens with zero attached hydrogens (tertiary/aromatic N) is 1. The molecule has 0 aliphatic carbocycles. The van der Waals surface area contributed by atoms with E-state index in [-0.39, 0.29) is 23.6 Å². The van der Waals surface area contributed by atoms with Gasteiger partial charge in [-0.3, -0.25) is 4.79 Å². The molecule has 0 amide bonds. The molecule has 0 bridgehead atoms. The lowest BCUT2D eigenvalue weighted by atomic mass is 10.2. The van der Waals surface area contributed by atoms with E-state index in [2.05, 4.69) is 15.7 Å². The number of carbonyl (C=O) groups is 2. The van der Waals surface area contributed by atoms with Crippen molar-refractivity contribution >= 4 is 41.1 Å². The number of anilines is 1. The van der Waals surface area contributed by atoms with E-state index in [1.54, 1.807) is 6.07 Å². The van der Waals surface area contributed by atoms with Crippen LogP contribution in [-0.2, 0) is 9.59 Å². The predicted octanol–water partition coefficient (Wildman–Crippen LogP) is 1.72. The molecule has 1 saturated heterocycles. The highest BCUT2D eigenvalue weighted by Gasteiger charge is 2.19. The van der Waals surface area contributed by atoms with Crippen molar-refractivity contribution in [2.75, 3.05) is 31.1 Å². The Balaban J connectivity index is 2.01. The maximum atomic E-state index is 10.9. The third-order valence-electron chi connectivity index (χ3n) is 3.64. The van der Waals surface area contributed by atoms with Crippen molar-refractivity contribution in [2.24, 2.45) is 0 Å². The third kappa shape index (κ3) is 4.98. The van der Waals surface area contributed by atoms with Gasteiger partial charge in [-0.1, -0.05) is 23.2 Å². The minimum Gasteiger partial charge on any atom is -0.481 e. The van der Waals surface area contributed by atoms with Gasteiger partial charge in [-0.2, -0.15) is 0 Å². The van der Waals surface area contributed by atoms with E-state index in [0.29, 0.717) is 11.3 Å². The SMILES string of the molecule is O=C[C@H](CCC(=O)O)NOc1ccc(N2CCNCC2)c(Cl)c1Cl. The Hall–Kier alpha value is -1.54. The van der Waals surface area contributed by atoms with Crippen molar-refractivity contribution in [3.05, 3.63) is 22.2 Å². The highest BCUT2D eigenvalue weighted by atomic mass is 35.5. The maximum absolute atomic E-state index is 10.9. The fourth-order valence-electron chi connectivity index (χ4n) is 2.32. The van der Waals surface area contributed by atoms with Crippen molar-refractivity contribution in [1.29, 1.82) is 0 Å². The molecule has 132 valence electrons. The number of carboxylic acid groups (broad SMARTS) is 1. The summed E-state index contributed by atoms with van der Waals surface area (Å²) in [6, 6.07) is 2.73. The van der Waals surface area contributed by atoms with E-state index in [4.69, 9.17) is 33.1 Å². The van der Waals surface area contributed by atoms with Crippen LogP contribution < -0.4 is 20.5 Å². The Morgan fingerprint density at radius 3 is 2.71 bits per heavy atom. The largest absolute Gasteiger partial charge is 0.481 e. The molecule has 0 saturated carbocycles. The second kappa shape index (κ2) is 9.08. The molecule has 9 heteroatoms. The van der Waals surface area contributed by atoms with Crippen LogP contribution in [-0.4, -0.2) is 49.6 Å². The molecular weight excluding hydrogens is 357 g/mol. The van der Waals surface area contributed by atoms with Gasteiger partial charge in [0.1, 0.15) is 11.3 Å².